The van der Waals surface area contributed by atoms with Crippen LogP contribution in [-0.2, 0) is 52.3 Å². The van der Waals surface area contributed by atoms with Gasteiger partial charge in [0.15, 0.2) is 18.2 Å². The Balaban J connectivity index is 1.68. The Morgan fingerprint density at radius 2 is 1.64 bits per heavy atom. The number of ketones is 1. The van der Waals surface area contributed by atoms with E-state index in [9.17, 15) is 19.8 Å². The van der Waals surface area contributed by atoms with E-state index in [4.69, 9.17) is 44.3 Å². The van der Waals surface area contributed by atoms with Crippen LogP contribution in [0.2, 0.25) is 0 Å². The molecule has 0 spiro atoms. The van der Waals surface area contributed by atoms with Crippen LogP contribution in [0.25, 0.3) is 0 Å². The molecule has 0 radical (unpaired) electrons. The second-order valence-corrected chi connectivity index (χ2v) is 18.8. The summed E-state index contributed by atoms with van der Waals surface area (Å²) in [5, 5.41) is 26.1. The van der Waals surface area contributed by atoms with Gasteiger partial charge in [0.25, 0.3) is 0 Å². The fourth-order valence-electron chi connectivity index (χ4n) is 10.9. The molecule has 5 fully saturated rings. The van der Waals surface area contributed by atoms with Gasteiger partial charge in [-0.3, -0.25) is 14.4 Å². The molecule has 5 saturated heterocycles. The number of cyclic esters (lactones) is 1. The Morgan fingerprint density at radius 3 is 2.24 bits per heavy atom. The van der Waals surface area contributed by atoms with Gasteiger partial charge < -0.3 is 58.3 Å². The third kappa shape index (κ3) is 8.49. The molecule has 15 nitrogen and oxygen atoms in total. The summed E-state index contributed by atoms with van der Waals surface area (Å²) in [6, 6.07) is -1.09. The number of ether oxygens (including phenoxy) is 8. The zero-order chi connectivity index (χ0) is 43.3. The quantitative estimate of drug-likeness (QED) is 0.228. The van der Waals surface area contributed by atoms with E-state index in [1.165, 1.54) is 7.11 Å². The highest BCUT2D eigenvalue weighted by Crippen LogP contribution is 2.53. The predicted octanol–water partition coefficient (Wildman–Crippen LogP) is 2.60. The van der Waals surface area contributed by atoms with Crippen LogP contribution in [0, 0.1) is 41.4 Å². The lowest BCUT2D eigenvalue weighted by atomic mass is 9.62. The van der Waals surface area contributed by atoms with E-state index >= 15 is 4.79 Å². The number of aliphatic hydroxyl groups excluding tert-OH is 2. The number of hydrogen-bond acceptors (Lipinski definition) is 15. The molecule has 0 aromatic carbocycles. The lowest BCUT2D eigenvalue weighted by molar-refractivity contribution is -0.320. The van der Waals surface area contributed by atoms with E-state index in [1.807, 2.05) is 60.5 Å². The van der Waals surface area contributed by atoms with E-state index in [2.05, 4.69) is 11.2 Å². The summed E-state index contributed by atoms with van der Waals surface area (Å²) in [5.74, 6) is -1.79. The van der Waals surface area contributed by atoms with Gasteiger partial charge in [0, 0.05) is 49.3 Å². The van der Waals surface area contributed by atoms with Gasteiger partial charge in [-0.15, -0.1) is 6.42 Å². The third-order valence-electron chi connectivity index (χ3n) is 14.2. The average Bonchev–Trinajstić information content (AvgIpc) is 3.67. The van der Waals surface area contributed by atoms with Crippen LogP contribution in [-0.4, -0.2) is 151 Å². The number of nitrogens with zero attached hydrogens (tertiary/aromatic N) is 1. The first-order valence-electron chi connectivity index (χ1n) is 21.0. The lowest BCUT2D eigenvalue weighted by Gasteiger charge is -2.50. The third-order valence-corrected chi connectivity index (χ3v) is 14.2. The molecule has 1 unspecified atom stereocenters. The Morgan fingerprint density at radius 1 is 0.966 bits per heavy atom. The van der Waals surface area contributed by atoms with Gasteiger partial charge in [-0.05, 0) is 74.9 Å². The molecule has 0 amide bonds. The largest absolute Gasteiger partial charge is 0.458 e. The van der Waals surface area contributed by atoms with Gasteiger partial charge in [-0.2, -0.15) is 0 Å². The number of carbonyl (C=O) groups is 3. The minimum absolute atomic E-state index is 0.101. The Bertz CT molecular complexity index is 1540. The molecule has 5 aliphatic heterocycles. The molecular formula is C43H70N2O13. The standard InChI is InChI=1S/C43H70N2O13/c1-15-17-52-42(10)19-22(3)34(47)40(8)21-44-30-33(40)43(11,58-38(30)50)28(16-2)55-37(49)25(6)32(56-29-20-41(9,51-14)35(48)26(7)54-29)24(5)36(42)57-39-31(46)27(45(12)13)18-23(4)53-39/h1,22-33,35-36,39,44,46,48H,16-21H2,2-14H3/t22-,23-,24-,25-,26+,27+,28-,29+,30-,31-,32?,33-,35+,36-,39+,40-,41-,42+,43-/m1/s1. The van der Waals surface area contributed by atoms with Crippen molar-refractivity contribution in [3.63, 3.8) is 0 Å². The van der Waals surface area contributed by atoms with Crippen molar-refractivity contribution >= 4 is 17.7 Å². The van der Waals surface area contributed by atoms with Crippen LogP contribution in [0.15, 0.2) is 0 Å². The fraction of sp³-hybridized carbons (Fsp3) is 0.884. The molecule has 0 aromatic rings. The van der Waals surface area contributed by atoms with Crippen molar-refractivity contribution < 1.29 is 62.5 Å². The Labute approximate surface area is 344 Å². The molecule has 5 rings (SSSR count). The molecule has 15 heteroatoms. The molecule has 0 aliphatic carbocycles. The maximum Gasteiger partial charge on any atom is 0.324 e. The number of aliphatic hydroxyl groups is 2. The monoisotopic (exact) mass is 822 g/mol. The number of carbonyl (C=O) groups excluding carboxylic acids is 3. The maximum absolute atomic E-state index is 15.0. The number of esters is 2. The first kappa shape index (κ1) is 46.8. The number of likely N-dealkylation sites (N-methyl/N-ethyl adjacent to an activating group) is 1. The fourth-order valence-corrected chi connectivity index (χ4v) is 10.9. The lowest BCUT2D eigenvalue weighted by Crippen LogP contribution is -2.61. The smallest absolute Gasteiger partial charge is 0.324 e. The van der Waals surface area contributed by atoms with E-state index in [-0.39, 0.29) is 43.9 Å². The molecule has 0 bridgehead atoms. The van der Waals surface area contributed by atoms with Gasteiger partial charge in [0.1, 0.15) is 36.7 Å². The van der Waals surface area contributed by atoms with Crippen LogP contribution in [0.5, 0.6) is 0 Å². The first-order valence-corrected chi connectivity index (χ1v) is 21.0. The van der Waals surface area contributed by atoms with Crippen LogP contribution < -0.4 is 5.32 Å². The highest BCUT2D eigenvalue weighted by Gasteiger charge is 2.69. The highest BCUT2D eigenvalue weighted by molar-refractivity contribution is 5.91. The summed E-state index contributed by atoms with van der Waals surface area (Å²) >= 11 is 0. The second kappa shape index (κ2) is 17.6. The van der Waals surface area contributed by atoms with E-state index in [1.54, 1.807) is 27.7 Å². The van der Waals surface area contributed by atoms with E-state index in [0.717, 1.165) is 0 Å². The Hall–Kier alpha value is -2.23. The minimum atomic E-state index is -1.36. The van der Waals surface area contributed by atoms with Crippen molar-refractivity contribution in [2.45, 2.75) is 179 Å². The first-order chi connectivity index (χ1) is 27.0. The zero-order valence-electron chi connectivity index (χ0n) is 36.8. The number of Topliss-reactive ketones (excluding diaryl/α,β-unsaturated/α-hetero) is 1. The maximum atomic E-state index is 15.0. The van der Waals surface area contributed by atoms with Crippen molar-refractivity contribution in [3.8, 4) is 12.3 Å². The molecule has 19 atom stereocenters. The van der Waals surface area contributed by atoms with Gasteiger partial charge >= 0.3 is 11.9 Å². The summed E-state index contributed by atoms with van der Waals surface area (Å²) in [5.41, 5.74) is -4.85. The van der Waals surface area contributed by atoms with Crippen molar-refractivity contribution in [3.05, 3.63) is 0 Å². The topological polar surface area (TPSA) is 181 Å². The van der Waals surface area contributed by atoms with Gasteiger partial charge in [-0.1, -0.05) is 33.6 Å². The molecule has 58 heavy (non-hydrogen) atoms. The molecule has 3 N–H and O–H groups in total. The number of nitrogens with one attached hydrogen (secondary N) is 1. The second-order valence-electron chi connectivity index (χ2n) is 18.8. The number of terminal acetylenes is 1. The molecule has 5 aliphatic rings. The summed E-state index contributed by atoms with van der Waals surface area (Å²) in [7, 11) is 5.28. The number of methoxy groups -OCH3 is 1. The van der Waals surface area contributed by atoms with Crippen molar-refractivity contribution in [2.75, 3.05) is 34.4 Å². The molecule has 0 saturated carbocycles. The van der Waals surface area contributed by atoms with Gasteiger partial charge in [-0.25, -0.2) is 0 Å². The van der Waals surface area contributed by atoms with Crippen LogP contribution in [0.4, 0.5) is 0 Å². The molecule has 5 heterocycles. The SMILES string of the molecule is C#CCO[C@@]1(C)C[C@@H](C)C(=O)[C@]2(C)CN[C@H]3C(=O)O[C@](C)([C@@H](CC)OC(=O)[C@H](C)C(O[C@H]4C[C@@](C)(OC)[C@@H](O)[C@H](C)O4)[C@@H](C)[C@H]1O[C@@H]1O[C@H](C)C[C@H](N(C)C)[C@H]1O)[C@H]32. The van der Waals surface area contributed by atoms with Crippen molar-refractivity contribution in [1.29, 1.82) is 0 Å². The van der Waals surface area contributed by atoms with Crippen LogP contribution in [0.3, 0.4) is 0 Å². The highest BCUT2D eigenvalue weighted by atomic mass is 16.7. The number of hydrogen-bond donors (Lipinski definition) is 3. The van der Waals surface area contributed by atoms with Crippen molar-refractivity contribution in [1.82, 2.24) is 10.2 Å². The van der Waals surface area contributed by atoms with Crippen molar-refractivity contribution in [2.24, 2.45) is 29.1 Å². The molecule has 0 aromatic heterocycles. The normalized spacial score (nSPS) is 49.2. The number of rotatable bonds is 9. The van der Waals surface area contributed by atoms with E-state index < -0.39 is 113 Å². The molecular weight excluding hydrogens is 752 g/mol. The summed E-state index contributed by atoms with van der Waals surface area (Å²) in [6.45, 7) is 18.1. The van der Waals surface area contributed by atoms with Gasteiger partial charge in [0.05, 0.1) is 41.5 Å². The minimum Gasteiger partial charge on any atom is -0.458 e. The average molecular weight is 823 g/mol. The van der Waals surface area contributed by atoms with E-state index in [0.29, 0.717) is 12.8 Å². The summed E-state index contributed by atoms with van der Waals surface area (Å²) < 4.78 is 51.3. The summed E-state index contributed by atoms with van der Waals surface area (Å²) in [6.07, 6.45) is -1.20. The Kier molecular flexibility index (Phi) is 14.2. The van der Waals surface area contributed by atoms with Crippen LogP contribution in [0.1, 0.15) is 94.9 Å². The summed E-state index contributed by atoms with van der Waals surface area (Å²) in [4.78, 5) is 45.1. The predicted molar refractivity (Wildman–Crippen MR) is 211 cm³/mol. The zero-order valence-corrected chi connectivity index (χ0v) is 36.8. The van der Waals surface area contributed by atoms with Crippen LogP contribution >= 0.6 is 0 Å². The van der Waals surface area contributed by atoms with Gasteiger partial charge in [0.2, 0.25) is 0 Å². The molecule has 330 valence electrons.